The number of rotatable bonds is 2. The first-order valence-corrected chi connectivity index (χ1v) is 4.09. The smallest absolute Gasteiger partial charge is 0.233 e. The van der Waals surface area contributed by atoms with E-state index in [0.29, 0.717) is 6.54 Å². The predicted octanol–water partition coefficient (Wildman–Crippen LogP) is -0.422. The highest BCUT2D eigenvalue weighted by Crippen LogP contribution is 2.13. The second-order valence-electron chi connectivity index (χ2n) is 3.02. The molecule has 0 aromatic rings. The third kappa shape index (κ3) is 2.21. The van der Waals surface area contributed by atoms with Crippen LogP contribution in [0, 0.1) is 17.2 Å². The van der Waals surface area contributed by atoms with Gasteiger partial charge in [-0.15, -0.1) is 0 Å². The average molecular weight is 167 g/mol. The lowest BCUT2D eigenvalue weighted by molar-refractivity contribution is -0.121. The van der Waals surface area contributed by atoms with Crippen LogP contribution in [-0.4, -0.2) is 37.5 Å². The molecule has 0 aromatic heterocycles. The van der Waals surface area contributed by atoms with E-state index in [1.54, 1.807) is 7.05 Å². The molecule has 4 heteroatoms. The fraction of sp³-hybridized carbons (Fsp3) is 0.750. The van der Waals surface area contributed by atoms with Gasteiger partial charge in [-0.1, -0.05) is 0 Å². The molecule has 1 unspecified atom stereocenters. The van der Waals surface area contributed by atoms with E-state index in [1.807, 2.05) is 4.90 Å². The maximum absolute atomic E-state index is 10.9. The van der Waals surface area contributed by atoms with Crippen LogP contribution in [0.2, 0.25) is 0 Å². The summed E-state index contributed by atoms with van der Waals surface area (Å²) in [6.07, 6.45) is 0.896. The Morgan fingerprint density at radius 3 is 3.08 bits per heavy atom. The average Bonchev–Trinajstić information content (AvgIpc) is 2.52. The van der Waals surface area contributed by atoms with Crippen molar-refractivity contribution in [3.05, 3.63) is 0 Å². The van der Waals surface area contributed by atoms with E-state index >= 15 is 0 Å². The van der Waals surface area contributed by atoms with Crippen LogP contribution in [-0.2, 0) is 4.79 Å². The standard InChI is InChI=1S/C8H13N3O/c1-10-8(12)6-11-3-2-7(4-9)5-11/h7H,2-3,5-6H2,1H3,(H,10,12). The minimum atomic E-state index is 0.0218. The lowest BCUT2D eigenvalue weighted by atomic mass is 10.1. The molecule has 1 aliphatic heterocycles. The Hall–Kier alpha value is -1.08. The van der Waals surface area contributed by atoms with E-state index < -0.39 is 0 Å². The van der Waals surface area contributed by atoms with Crippen molar-refractivity contribution in [2.75, 3.05) is 26.7 Å². The molecule has 1 heterocycles. The topological polar surface area (TPSA) is 56.1 Å². The van der Waals surface area contributed by atoms with Gasteiger partial charge in [0.2, 0.25) is 5.91 Å². The van der Waals surface area contributed by atoms with Crippen LogP contribution in [0.3, 0.4) is 0 Å². The Balaban J connectivity index is 2.29. The van der Waals surface area contributed by atoms with Gasteiger partial charge in [-0.2, -0.15) is 5.26 Å². The number of nitriles is 1. The number of nitrogens with one attached hydrogen (secondary N) is 1. The summed E-state index contributed by atoms with van der Waals surface area (Å²) in [5.41, 5.74) is 0. The molecule has 1 N–H and O–H groups in total. The van der Waals surface area contributed by atoms with Crippen LogP contribution in [0.15, 0.2) is 0 Å². The zero-order chi connectivity index (χ0) is 8.97. The number of likely N-dealkylation sites (tertiary alicyclic amines) is 1. The highest BCUT2D eigenvalue weighted by Gasteiger charge is 2.22. The molecule has 0 spiro atoms. The zero-order valence-corrected chi connectivity index (χ0v) is 7.21. The molecule has 1 rings (SSSR count). The summed E-state index contributed by atoms with van der Waals surface area (Å²) in [6, 6.07) is 2.21. The van der Waals surface area contributed by atoms with E-state index in [-0.39, 0.29) is 11.8 Å². The zero-order valence-electron chi connectivity index (χ0n) is 7.21. The number of carbonyl (C=O) groups is 1. The van der Waals surface area contributed by atoms with Crippen molar-refractivity contribution in [1.82, 2.24) is 10.2 Å². The van der Waals surface area contributed by atoms with Gasteiger partial charge in [0.05, 0.1) is 18.5 Å². The van der Waals surface area contributed by atoms with E-state index in [4.69, 9.17) is 5.26 Å². The SMILES string of the molecule is CNC(=O)CN1CCC(C#N)C1. The molecule has 12 heavy (non-hydrogen) atoms. The van der Waals surface area contributed by atoms with Crippen molar-refractivity contribution in [1.29, 1.82) is 5.26 Å². The highest BCUT2D eigenvalue weighted by molar-refractivity contribution is 5.77. The Morgan fingerprint density at radius 2 is 2.58 bits per heavy atom. The van der Waals surface area contributed by atoms with Crippen molar-refractivity contribution >= 4 is 5.91 Å². The molecule has 0 radical (unpaired) electrons. The minimum absolute atomic E-state index is 0.0218. The number of hydrogen-bond donors (Lipinski definition) is 1. The first-order chi connectivity index (χ1) is 5.76. The normalized spacial score (nSPS) is 23.5. The van der Waals surface area contributed by atoms with Gasteiger partial charge >= 0.3 is 0 Å². The maximum atomic E-state index is 10.9. The van der Waals surface area contributed by atoms with Crippen molar-refractivity contribution < 1.29 is 4.79 Å². The van der Waals surface area contributed by atoms with Gasteiger partial charge in [-0.3, -0.25) is 9.69 Å². The van der Waals surface area contributed by atoms with Crippen LogP contribution in [0.4, 0.5) is 0 Å². The van der Waals surface area contributed by atoms with E-state index in [0.717, 1.165) is 19.5 Å². The lowest BCUT2D eigenvalue weighted by Crippen LogP contribution is -2.34. The first kappa shape index (κ1) is 9.01. The van der Waals surface area contributed by atoms with Gasteiger partial charge in [0, 0.05) is 20.1 Å². The van der Waals surface area contributed by atoms with Crippen LogP contribution in [0.5, 0.6) is 0 Å². The van der Waals surface area contributed by atoms with E-state index in [1.165, 1.54) is 0 Å². The van der Waals surface area contributed by atoms with Crippen molar-refractivity contribution in [3.8, 4) is 6.07 Å². The van der Waals surface area contributed by atoms with Gasteiger partial charge in [-0.05, 0) is 6.42 Å². The Labute approximate surface area is 72.2 Å². The van der Waals surface area contributed by atoms with Gasteiger partial charge in [0.15, 0.2) is 0 Å². The Morgan fingerprint density at radius 1 is 1.83 bits per heavy atom. The van der Waals surface area contributed by atoms with Crippen molar-refractivity contribution in [3.63, 3.8) is 0 Å². The molecule has 0 aromatic carbocycles. The van der Waals surface area contributed by atoms with Crippen LogP contribution in [0.1, 0.15) is 6.42 Å². The summed E-state index contributed by atoms with van der Waals surface area (Å²) in [7, 11) is 1.63. The van der Waals surface area contributed by atoms with Gasteiger partial charge in [0.1, 0.15) is 0 Å². The summed E-state index contributed by atoms with van der Waals surface area (Å²) in [6.45, 7) is 2.03. The number of hydrogen-bond acceptors (Lipinski definition) is 3. The number of nitrogens with zero attached hydrogens (tertiary/aromatic N) is 2. The summed E-state index contributed by atoms with van der Waals surface area (Å²) >= 11 is 0. The highest BCUT2D eigenvalue weighted by atomic mass is 16.1. The van der Waals surface area contributed by atoms with Crippen LogP contribution < -0.4 is 5.32 Å². The summed E-state index contributed by atoms with van der Waals surface area (Å²) in [4.78, 5) is 12.9. The number of carbonyl (C=O) groups excluding carboxylic acids is 1. The molecular weight excluding hydrogens is 154 g/mol. The fourth-order valence-corrected chi connectivity index (χ4v) is 1.36. The monoisotopic (exact) mass is 167 g/mol. The minimum Gasteiger partial charge on any atom is -0.358 e. The summed E-state index contributed by atoms with van der Waals surface area (Å²) < 4.78 is 0. The second kappa shape index (κ2) is 4.07. The number of likely N-dealkylation sites (N-methyl/N-ethyl adjacent to an activating group) is 1. The quantitative estimate of drug-likeness (QED) is 0.607. The lowest BCUT2D eigenvalue weighted by Gasteiger charge is -2.12. The van der Waals surface area contributed by atoms with Crippen LogP contribution >= 0.6 is 0 Å². The Kier molecular flexibility index (Phi) is 3.06. The molecule has 1 aliphatic rings. The molecule has 1 saturated heterocycles. The van der Waals surface area contributed by atoms with Crippen molar-refractivity contribution in [2.24, 2.45) is 5.92 Å². The van der Waals surface area contributed by atoms with Crippen LogP contribution in [0.25, 0.3) is 0 Å². The second-order valence-corrected chi connectivity index (χ2v) is 3.02. The molecule has 1 fully saturated rings. The maximum Gasteiger partial charge on any atom is 0.233 e. The van der Waals surface area contributed by atoms with Crippen molar-refractivity contribution in [2.45, 2.75) is 6.42 Å². The van der Waals surface area contributed by atoms with Gasteiger partial charge in [-0.25, -0.2) is 0 Å². The first-order valence-electron chi connectivity index (χ1n) is 4.09. The summed E-state index contributed by atoms with van der Waals surface area (Å²) in [5.74, 6) is 0.142. The van der Waals surface area contributed by atoms with E-state index in [9.17, 15) is 4.79 Å². The largest absolute Gasteiger partial charge is 0.358 e. The molecule has 1 amide bonds. The molecule has 1 atom stereocenters. The fourth-order valence-electron chi connectivity index (χ4n) is 1.36. The molecular formula is C8H13N3O. The molecule has 0 saturated carbocycles. The molecule has 4 nitrogen and oxygen atoms in total. The molecule has 0 bridgehead atoms. The Bertz CT molecular complexity index is 209. The van der Waals surface area contributed by atoms with E-state index in [2.05, 4.69) is 11.4 Å². The van der Waals surface area contributed by atoms with Gasteiger partial charge in [0.25, 0.3) is 0 Å². The molecule has 0 aliphatic carbocycles. The van der Waals surface area contributed by atoms with Gasteiger partial charge < -0.3 is 5.32 Å². The number of amides is 1. The third-order valence-corrected chi connectivity index (χ3v) is 2.10. The third-order valence-electron chi connectivity index (χ3n) is 2.10. The summed E-state index contributed by atoms with van der Waals surface area (Å²) in [5, 5.41) is 11.2. The predicted molar refractivity (Wildman–Crippen MR) is 44.2 cm³/mol. The molecule has 66 valence electrons.